The molecule has 1 aliphatic carbocycles. The summed E-state index contributed by atoms with van der Waals surface area (Å²) in [4.78, 5) is 20.9. The lowest BCUT2D eigenvalue weighted by Crippen LogP contribution is -2.28. The van der Waals surface area contributed by atoms with Crippen LogP contribution in [0.5, 0.6) is 11.5 Å². The molecule has 1 fully saturated rings. The van der Waals surface area contributed by atoms with Crippen LogP contribution in [-0.4, -0.2) is 43.7 Å². The van der Waals surface area contributed by atoms with E-state index >= 15 is 0 Å². The molecule has 1 saturated carbocycles. The second kappa shape index (κ2) is 9.54. The van der Waals surface area contributed by atoms with E-state index in [9.17, 15) is 13.2 Å². The molecule has 1 amide bonds. The van der Waals surface area contributed by atoms with E-state index in [0.29, 0.717) is 41.5 Å². The number of anilines is 2. The molecule has 12 heteroatoms. The Morgan fingerprint density at radius 2 is 1.68 bits per heavy atom. The van der Waals surface area contributed by atoms with Gasteiger partial charge in [0.2, 0.25) is 11.9 Å². The van der Waals surface area contributed by atoms with E-state index in [4.69, 9.17) is 14.0 Å². The molecule has 11 nitrogen and oxygen atoms in total. The fourth-order valence-electron chi connectivity index (χ4n) is 3.85. The van der Waals surface area contributed by atoms with Crippen molar-refractivity contribution in [3.8, 4) is 22.8 Å². The number of nitrogens with zero attached hydrogens (tertiary/aromatic N) is 3. The van der Waals surface area contributed by atoms with Crippen LogP contribution < -0.4 is 19.5 Å². The smallest absolute Gasteiger partial charge is 0.264 e. The predicted molar refractivity (Wildman–Crippen MR) is 134 cm³/mol. The van der Waals surface area contributed by atoms with Crippen molar-refractivity contribution < 1.29 is 27.2 Å². The summed E-state index contributed by atoms with van der Waals surface area (Å²) in [6.45, 7) is 0. The summed E-state index contributed by atoms with van der Waals surface area (Å²) in [5.74, 6) is 1.36. The summed E-state index contributed by atoms with van der Waals surface area (Å²) in [6.07, 6.45) is 4.10. The molecule has 0 atom stereocenters. The van der Waals surface area contributed by atoms with Gasteiger partial charge in [-0.1, -0.05) is 5.16 Å². The second-order valence-electron chi connectivity index (χ2n) is 8.38. The zero-order valence-electron chi connectivity index (χ0n) is 20.0. The molecular weight excluding hydrogens is 498 g/mol. The molecule has 2 N–H and O–H groups in total. The monoisotopic (exact) mass is 521 g/mol. The number of carbonyl (C=O) groups is 1. The van der Waals surface area contributed by atoms with Gasteiger partial charge in [-0.25, -0.2) is 23.1 Å². The third-order valence-corrected chi connectivity index (χ3v) is 7.41. The van der Waals surface area contributed by atoms with Crippen molar-refractivity contribution in [2.24, 2.45) is 0 Å². The number of ether oxygens (including phenoxy) is 2. The molecule has 4 aromatic rings. The van der Waals surface area contributed by atoms with Crippen molar-refractivity contribution >= 4 is 27.6 Å². The third-order valence-electron chi connectivity index (χ3n) is 6.07. The van der Waals surface area contributed by atoms with Crippen LogP contribution in [0, 0.1) is 0 Å². The normalized spacial score (nSPS) is 14.0. The molecule has 2 aromatic heterocycles. The first kappa shape index (κ1) is 24.3. The van der Waals surface area contributed by atoms with Gasteiger partial charge < -0.3 is 19.3 Å². The highest BCUT2D eigenvalue weighted by Gasteiger charge is 2.53. The summed E-state index contributed by atoms with van der Waals surface area (Å²) < 4.78 is 43.6. The van der Waals surface area contributed by atoms with Crippen LogP contribution in [-0.2, 0) is 20.2 Å². The van der Waals surface area contributed by atoms with E-state index in [1.54, 1.807) is 38.5 Å². The number of rotatable bonds is 9. The van der Waals surface area contributed by atoms with E-state index < -0.39 is 15.4 Å². The molecule has 0 spiro atoms. The average Bonchev–Trinajstić information content (AvgIpc) is 3.58. The Balaban J connectivity index is 1.29. The highest BCUT2D eigenvalue weighted by Crippen LogP contribution is 2.49. The summed E-state index contributed by atoms with van der Waals surface area (Å²) in [5.41, 5.74) is 0.907. The van der Waals surface area contributed by atoms with Gasteiger partial charge in [0.25, 0.3) is 10.0 Å². The maximum Gasteiger partial charge on any atom is 0.264 e. The van der Waals surface area contributed by atoms with E-state index in [1.165, 1.54) is 36.7 Å². The SMILES string of the molecule is COc1ccc(-c2cc(C3(C(=O)Nc4ccc(S(=O)(=O)Nc5ncccn5)cc4)CC3)no2)cc1OC. The van der Waals surface area contributed by atoms with Gasteiger partial charge in [0.05, 0.1) is 30.2 Å². The van der Waals surface area contributed by atoms with E-state index in [1.807, 2.05) is 6.07 Å². The Labute approximate surface area is 212 Å². The highest BCUT2D eigenvalue weighted by atomic mass is 32.2. The number of hydrogen-bond donors (Lipinski definition) is 2. The highest BCUT2D eigenvalue weighted by molar-refractivity contribution is 7.92. The standard InChI is InChI=1S/C25H23N5O6S/c1-34-19-9-4-16(14-21(19)35-2)20-15-22(29-36-20)25(10-11-25)23(31)28-17-5-7-18(8-6-17)37(32,33)30-24-26-12-3-13-27-24/h3-9,12-15H,10-11H2,1-2H3,(H,28,31)(H,26,27,30). The fourth-order valence-corrected chi connectivity index (χ4v) is 4.81. The molecule has 0 aliphatic heterocycles. The average molecular weight is 522 g/mol. The summed E-state index contributed by atoms with van der Waals surface area (Å²) in [6, 6.07) is 14.5. The van der Waals surface area contributed by atoms with Gasteiger partial charge in [-0.15, -0.1) is 0 Å². The largest absolute Gasteiger partial charge is 0.493 e. The number of carbonyl (C=O) groups excluding carboxylic acids is 1. The number of aromatic nitrogens is 3. The Morgan fingerprint density at radius 1 is 0.973 bits per heavy atom. The number of sulfonamides is 1. The first-order chi connectivity index (χ1) is 17.8. The Kier molecular flexibility index (Phi) is 6.25. The summed E-state index contributed by atoms with van der Waals surface area (Å²) >= 11 is 0. The molecule has 37 heavy (non-hydrogen) atoms. The van der Waals surface area contributed by atoms with Crippen LogP contribution in [0.4, 0.5) is 11.6 Å². The molecule has 0 saturated heterocycles. The van der Waals surface area contributed by atoms with Gasteiger partial charge in [-0.3, -0.25) is 4.79 Å². The number of nitrogens with one attached hydrogen (secondary N) is 2. The zero-order valence-corrected chi connectivity index (χ0v) is 20.8. The molecule has 0 radical (unpaired) electrons. The topological polar surface area (TPSA) is 146 Å². The first-order valence-corrected chi connectivity index (χ1v) is 12.7. The van der Waals surface area contributed by atoms with Crippen LogP contribution in [0.1, 0.15) is 18.5 Å². The first-order valence-electron chi connectivity index (χ1n) is 11.3. The third kappa shape index (κ3) is 4.83. The van der Waals surface area contributed by atoms with E-state index in [0.717, 1.165) is 5.56 Å². The van der Waals surface area contributed by atoms with Crippen LogP contribution in [0.25, 0.3) is 11.3 Å². The molecule has 2 heterocycles. The molecule has 0 bridgehead atoms. The van der Waals surface area contributed by atoms with Crippen LogP contribution in [0.3, 0.4) is 0 Å². The van der Waals surface area contributed by atoms with Crippen LogP contribution in [0.15, 0.2) is 76.4 Å². The Bertz CT molecular complexity index is 1530. The minimum Gasteiger partial charge on any atom is -0.493 e. The minimum atomic E-state index is -3.88. The van der Waals surface area contributed by atoms with Gasteiger partial charge in [-0.05, 0) is 61.4 Å². The maximum absolute atomic E-state index is 13.2. The number of benzene rings is 2. The summed E-state index contributed by atoms with van der Waals surface area (Å²) in [7, 11) is -0.771. The maximum atomic E-state index is 13.2. The van der Waals surface area contributed by atoms with Crippen LogP contribution >= 0.6 is 0 Å². The Hall–Kier alpha value is -4.45. The Morgan fingerprint density at radius 3 is 2.32 bits per heavy atom. The van der Waals surface area contributed by atoms with Crippen molar-refractivity contribution in [2.45, 2.75) is 23.2 Å². The van der Waals surface area contributed by atoms with Crippen molar-refractivity contribution in [3.63, 3.8) is 0 Å². The molecule has 190 valence electrons. The minimum absolute atomic E-state index is 0.00940. The zero-order chi connectivity index (χ0) is 26.0. The van der Waals surface area contributed by atoms with Gasteiger partial charge in [0.1, 0.15) is 0 Å². The lowest BCUT2D eigenvalue weighted by Gasteiger charge is -2.13. The second-order valence-corrected chi connectivity index (χ2v) is 10.1. The quantitative estimate of drug-likeness (QED) is 0.337. The molecular formula is C25H23N5O6S. The van der Waals surface area contributed by atoms with Crippen molar-refractivity contribution in [3.05, 3.63) is 72.7 Å². The number of amides is 1. The van der Waals surface area contributed by atoms with Gasteiger partial charge in [-0.2, -0.15) is 0 Å². The molecule has 0 unspecified atom stereocenters. The van der Waals surface area contributed by atoms with E-state index in [-0.39, 0.29) is 16.8 Å². The molecule has 2 aromatic carbocycles. The summed E-state index contributed by atoms with van der Waals surface area (Å²) in [5, 5.41) is 7.02. The van der Waals surface area contributed by atoms with Gasteiger partial charge in [0, 0.05) is 29.7 Å². The van der Waals surface area contributed by atoms with Crippen molar-refractivity contribution in [2.75, 3.05) is 24.3 Å². The predicted octanol–water partition coefficient (Wildman–Crippen LogP) is 3.62. The van der Waals surface area contributed by atoms with E-state index in [2.05, 4.69) is 25.2 Å². The number of hydrogen-bond acceptors (Lipinski definition) is 9. The van der Waals surface area contributed by atoms with Crippen LogP contribution in [0.2, 0.25) is 0 Å². The van der Waals surface area contributed by atoms with Crippen molar-refractivity contribution in [1.82, 2.24) is 15.1 Å². The number of methoxy groups -OCH3 is 2. The van der Waals surface area contributed by atoms with Gasteiger partial charge >= 0.3 is 0 Å². The fraction of sp³-hybridized carbons (Fsp3) is 0.200. The molecule has 5 rings (SSSR count). The lowest BCUT2D eigenvalue weighted by molar-refractivity contribution is -0.118. The van der Waals surface area contributed by atoms with Gasteiger partial charge in [0.15, 0.2) is 17.3 Å². The molecule has 1 aliphatic rings. The van der Waals surface area contributed by atoms with Crippen molar-refractivity contribution in [1.29, 1.82) is 0 Å². The lowest BCUT2D eigenvalue weighted by atomic mass is 10.00.